The minimum absolute atomic E-state index is 0.103. The molecule has 3 heteroatoms. The Balaban J connectivity index is 2.24. The molecule has 1 aromatic carbocycles. The van der Waals surface area contributed by atoms with Crippen LogP contribution in [-0.4, -0.2) is 18.1 Å². The van der Waals surface area contributed by atoms with Crippen LogP contribution in [0, 0.1) is 0 Å². The van der Waals surface area contributed by atoms with Crippen molar-refractivity contribution in [1.29, 1.82) is 0 Å². The SMILES string of the molecule is CCCN(c1cccc(Cl)c1CNC(C)(C)C)C1CC1. The molecule has 2 rings (SSSR count). The van der Waals surface area contributed by atoms with Crippen LogP contribution in [-0.2, 0) is 6.54 Å². The monoisotopic (exact) mass is 294 g/mol. The molecule has 112 valence electrons. The predicted molar refractivity (Wildman–Crippen MR) is 88.7 cm³/mol. The maximum atomic E-state index is 6.46. The predicted octanol–water partition coefficient (Wildman–Crippen LogP) is 4.61. The van der Waals surface area contributed by atoms with E-state index >= 15 is 0 Å². The second-order valence-corrected chi connectivity index (χ2v) is 7.17. The first-order valence-electron chi connectivity index (χ1n) is 7.71. The van der Waals surface area contributed by atoms with Gasteiger partial charge >= 0.3 is 0 Å². The van der Waals surface area contributed by atoms with Gasteiger partial charge in [-0.3, -0.25) is 0 Å². The van der Waals surface area contributed by atoms with Gasteiger partial charge in [-0.1, -0.05) is 24.6 Å². The van der Waals surface area contributed by atoms with Gasteiger partial charge in [0.2, 0.25) is 0 Å². The highest BCUT2D eigenvalue weighted by Crippen LogP contribution is 2.36. The van der Waals surface area contributed by atoms with Gasteiger partial charge in [-0.2, -0.15) is 0 Å². The van der Waals surface area contributed by atoms with Crippen molar-refractivity contribution in [2.75, 3.05) is 11.4 Å². The number of anilines is 1. The Morgan fingerprint density at radius 3 is 2.55 bits per heavy atom. The first-order valence-corrected chi connectivity index (χ1v) is 8.09. The second-order valence-electron chi connectivity index (χ2n) is 6.77. The number of benzene rings is 1. The molecule has 1 aromatic rings. The summed E-state index contributed by atoms with van der Waals surface area (Å²) in [5.41, 5.74) is 2.66. The van der Waals surface area contributed by atoms with E-state index in [1.54, 1.807) is 0 Å². The molecule has 0 spiro atoms. The van der Waals surface area contributed by atoms with Crippen LogP contribution in [0.1, 0.15) is 52.5 Å². The third-order valence-electron chi connectivity index (χ3n) is 3.65. The molecular weight excluding hydrogens is 268 g/mol. The van der Waals surface area contributed by atoms with E-state index in [1.165, 1.54) is 30.5 Å². The summed E-state index contributed by atoms with van der Waals surface area (Å²) in [5.74, 6) is 0. The summed E-state index contributed by atoms with van der Waals surface area (Å²) in [4.78, 5) is 2.55. The smallest absolute Gasteiger partial charge is 0.0471 e. The lowest BCUT2D eigenvalue weighted by Crippen LogP contribution is -2.36. The Kier molecular flexibility index (Phi) is 4.98. The van der Waals surface area contributed by atoms with Crippen LogP contribution >= 0.6 is 11.6 Å². The standard InChI is InChI=1S/C17H27ClN2/c1-5-11-20(13-9-10-13)16-8-6-7-15(18)14(16)12-19-17(2,3)4/h6-8,13,19H,5,9-12H2,1-4H3. The second kappa shape index (κ2) is 6.36. The Bertz CT molecular complexity index is 447. The average molecular weight is 295 g/mol. The fraction of sp³-hybridized carbons (Fsp3) is 0.647. The average Bonchev–Trinajstić information content (AvgIpc) is 3.17. The molecule has 20 heavy (non-hydrogen) atoms. The normalized spacial score (nSPS) is 15.4. The quantitative estimate of drug-likeness (QED) is 0.824. The molecule has 1 N–H and O–H groups in total. The summed E-state index contributed by atoms with van der Waals surface area (Å²) in [6.45, 7) is 10.8. The van der Waals surface area contributed by atoms with E-state index in [0.717, 1.165) is 24.2 Å². The lowest BCUT2D eigenvalue weighted by molar-refractivity contribution is 0.424. The zero-order valence-corrected chi connectivity index (χ0v) is 13.9. The zero-order chi connectivity index (χ0) is 14.8. The van der Waals surface area contributed by atoms with Gasteiger partial charge in [-0.05, 0) is 52.2 Å². The molecule has 1 fully saturated rings. The number of nitrogens with zero attached hydrogens (tertiary/aromatic N) is 1. The fourth-order valence-corrected chi connectivity index (χ4v) is 2.71. The maximum absolute atomic E-state index is 6.46. The van der Waals surface area contributed by atoms with Gasteiger partial charge in [0.15, 0.2) is 0 Å². The minimum Gasteiger partial charge on any atom is -0.368 e. The van der Waals surface area contributed by atoms with Crippen LogP contribution < -0.4 is 10.2 Å². The summed E-state index contributed by atoms with van der Waals surface area (Å²) < 4.78 is 0. The highest BCUT2D eigenvalue weighted by Gasteiger charge is 2.30. The Morgan fingerprint density at radius 2 is 2.00 bits per heavy atom. The lowest BCUT2D eigenvalue weighted by Gasteiger charge is -2.29. The van der Waals surface area contributed by atoms with E-state index < -0.39 is 0 Å². The van der Waals surface area contributed by atoms with Crippen molar-refractivity contribution in [3.8, 4) is 0 Å². The van der Waals surface area contributed by atoms with Crippen LogP contribution in [0.25, 0.3) is 0 Å². The number of halogens is 1. The molecule has 0 aromatic heterocycles. The van der Waals surface area contributed by atoms with Crippen molar-refractivity contribution in [2.45, 2.75) is 65.1 Å². The molecular formula is C17H27ClN2. The lowest BCUT2D eigenvalue weighted by atomic mass is 10.1. The van der Waals surface area contributed by atoms with Gasteiger partial charge in [0.25, 0.3) is 0 Å². The highest BCUT2D eigenvalue weighted by molar-refractivity contribution is 6.31. The molecule has 0 atom stereocenters. The summed E-state index contributed by atoms with van der Waals surface area (Å²) in [6, 6.07) is 7.02. The molecule has 2 nitrogen and oxygen atoms in total. The zero-order valence-electron chi connectivity index (χ0n) is 13.2. The van der Waals surface area contributed by atoms with Crippen LogP contribution in [0.2, 0.25) is 5.02 Å². The number of hydrogen-bond donors (Lipinski definition) is 1. The molecule has 0 bridgehead atoms. The van der Waals surface area contributed by atoms with Crippen molar-refractivity contribution >= 4 is 17.3 Å². The van der Waals surface area contributed by atoms with Crippen LogP contribution in [0.4, 0.5) is 5.69 Å². The largest absolute Gasteiger partial charge is 0.368 e. The van der Waals surface area contributed by atoms with Crippen molar-refractivity contribution in [3.63, 3.8) is 0 Å². The first-order chi connectivity index (χ1) is 9.42. The molecule has 0 radical (unpaired) electrons. The molecule has 0 heterocycles. The van der Waals surface area contributed by atoms with E-state index in [-0.39, 0.29) is 5.54 Å². The number of hydrogen-bond acceptors (Lipinski definition) is 2. The summed E-state index contributed by atoms with van der Waals surface area (Å²) in [5, 5.41) is 4.44. The number of nitrogens with one attached hydrogen (secondary N) is 1. The minimum atomic E-state index is 0.103. The van der Waals surface area contributed by atoms with Crippen molar-refractivity contribution in [1.82, 2.24) is 5.32 Å². The van der Waals surface area contributed by atoms with Crippen molar-refractivity contribution in [2.24, 2.45) is 0 Å². The van der Waals surface area contributed by atoms with Crippen LogP contribution in [0.3, 0.4) is 0 Å². The van der Waals surface area contributed by atoms with Gasteiger partial charge < -0.3 is 10.2 Å². The van der Waals surface area contributed by atoms with Gasteiger partial charge in [-0.25, -0.2) is 0 Å². The Labute approximate surface area is 128 Å². The Morgan fingerprint density at radius 1 is 1.30 bits per heavy atom. The van der Waals surface area contributed by atoms with Crippen LogP contribution in [0.5, 0.6) is 0 Å². The number of rotatable bonds is 6. The third kappa shape index (κ3) is 4.13. The van der Waals surface area contributed by atoms with E-state index in [4.69, 9.17) is 11.6 Å². The molecule has 0 aliphatic heterocycles. The van der Waals surface area contributed by atoms with E-state index in [9.17, 15) is 0 Å². The van der Waals surface area contributed by atoms with Gasteiger partial charge in [0.05, 0.1) is 0 Å². The third-order valence-corrected chi connectivity index (χ3v) is 4.01. The molecule has 1 aliphatic rings. The topological polar surface area (TPSA) is 15.3 Å². The van der Waals surface area contributed by atoms with Crippen molar-refractivity contribution in [3.05, 3.63) is 28.8 Å². The molecule has 0 amide bonds. The van der Waals surface area contributed by atoms with Gasteiger partial charge in [0.1, 0.15) is 0 Å². The fourth-order valence-electron chi connectivity index (χ4n) is 2.47. The highest BCUT2D eigenvalue weighted by atomic mass is 35.5. The summed E-state index contributed by atoms with van der Waals surface area (Å²) in [6.07, 6.45) is 3.81. The maximum Gasteiger partial charge on any atom is 0.0471 e. The van der Waals surface area contributed by atoms with E-state index in [2.05, 4.69) is 50.0 Å². The molecule has 0 saturated heterocycles. The van der Waals surface area contributed by atoms with Gasteiger partial charge in [-0.15, -0.1) is 0 Å². The van der Waals surface area contributed by atoms with Gasteiger partial charge in [0, 0.05) is 40.9 Å². The van der Waals surface area contributed by atoms with E-state index in [0.29, 0.717) is 0 Å². The summed E-state index contributed by atoms with van der Waals surface area (Å²) >= 11 is 6.46. The molecule has 0 unspecified atom stereocenters. The first kappa shape index (κ1) is 15.7. The van der Waals surface area contributed by atoms with Crippen molar-refractivity contribution < 1.29 is 0 Å². The summed E-state index contributed by atoms with van der Waals surface area (Å²) in [7, 11) is 0. The molecule has 1 saturated carbocycles. The molecule has 1 aliphatic carbocycles. The Hall–Kier alpha value is -0.730. The van der Waals surface area contributed by atoms with E-state index in [1.807, 2.05) is 6.07 Å². The van der Waals surface area contributed by atoms with Crippen LogP contribution in [0.15, 0.2) is 18.2 Å².